The lowest BCUT2D eigenvalue weighted by Crippen LogP contribution is -2.64. The number of morpholine rings is 1. The van der Waals surface area contributed by atoms with Gasteiger partial charge in [0.2, 0.25) is 15.9 Å². The molecule has 2 saturated heterocycles. The molecule has 8 nitrogen and oxygen atoms in total. The van der Waals surface area contributed by atoms with Gasteiger partial charge in [-0.3, -0.25) is 9.69 Å². The Kier molecular flexibility index (Phi) is 9.22. The Labute approximate surface area is 245 Å². The Balaban J connectivity index is 1.33. The molecule has 0 saturated carbocycles. The van der Waals surface area contributed by atoms with Crippen molar-refractivity contribution in [2.24, 2.45) is 0 Å². The van der Waals surface area contributed by atoms with E-state index in [4.69, 9.17) is 4.74 Å². The predicted molar refractivity (Wildman–Crippen MR) is 155 cm³/mol. The number of anilines is 1. The van der Waals surface area contributed by atoms with E-state index in [-0.39, 0.29) is 41.9 Å². The first kappa shape index (κ1) is 30.1. The molecular formula is C31H35F2N3O5S. The summed E-state index contributed by atoms with van der Waals surface area (Å²) in [5.74, 6) is -0.507. The second-order valence-corrected chi connectivity index (χ2v) is 12.8. The van der Waals surface area contributed by atoms with E-state index in [0.717, 1.165) is 11.1 Å². The molecular weight excluding hydrogens is 564 g/mol. The summed E-state index contributed by atoms with van der Waals surface area (Å²) in [6, 6.07) is 22.2. The summed E-state index contributed by atoms with van der Waals surface area (Å²) >= 11 is 0. The number of hydrogen-bond donors (Lipinski definition) is 1. The third-order valence-electron chi connectivity index (χ3n) is 7.74. The molecule has 3 aromatic carbocycles. The van der Waals surface area contributed by atoms with Gasteiger partial charge in [0.05, 0.1) is 35.4 Å². The largest absolute Gasteiger partial charge is 0.433 e. The smallest absolute Gasteiger partial charge is 0.387 e. The van der Waals surface area contributed by atoms with Crippen molar-refractivity contribution < 1.29 is 31.5 Å². The topological polar surface area (TPSA) is 88.2 Å². The fourth-order valence-electron chi connectivity index (χ4n) is 5.72. The van der Waals surface area contributed by atoms with Crippen LogP contribution in [0, 0.1) is 6.92 Å². The predicted octanol–water partition coefficient (Wildman–Crippen LogP) is 4.70. The number of amides is 1. The quantitative estimate of drug-likeness (QED) is 0.384. The highest BCUT2D eigenvalue weighted by Gasteiger charge is 2.47. The Hall–Kier alpha value is -3.38. The number of nitrogens with one attached hydrogen (secondary N) is 1. The summed E-state index contributed by atoms with van der Waals surface area (Å²) in [4.78, 5) is 15.1. The first-order valence-corrected chi connectivity index (χ1v) is 15.4. The lowest BCUT2D eigenvalue weighted by Gasteiger charge is -2.50. The molecule has 5 rings (SSSR count). The number of aryl methyl sites for hydroxylation is 1. The number of rotatable bonds is 9. The standard InChI is InChI=1S/C31H35F2N3O5S/c1-23-12-14-26(15-13-23)42(38,39)36-22-31(40-20-25(36)18-24-8-3-2-4-9-24)16-7-17-35(21-31)19-29(37)34-27-10-5-6-11-28(27)41-30(32)33/h2-6,8-15,25,30H,7,16-22H2,1H3,(H,34,37)/t25-,31?/m0/s1. The molecule has 0 radical (unpaired) electrons. The maximum absolute atomic E-state index is 14.0. The molecule has 2 heterocycles. The van der Waals surface area contributed by atoms with Gasteiger partial charge in [0.15, 0.2) is 0 Å². The Morgan fingerprint density at radius 1 is 1.05 bits per heavy atom. The number of sulfonamides is 1. The number of benzene rings is 3. The third kappa shape index (κ3) is 7.15. The number of halogens is 2. The fraction of sp³-hybridized carbons (Fsp3) is 0.387. The molecule has 2 aliphatic rings. The van der Waals surface area contributed by atoms with E-state index in [0.29, 0.717) is 32.4 Å². The molecule has 11 heteroatoms. The second-order valence-electron chi connectivity index (χ2n) is 10.9. The summed E-state index contributed by atoms with van der Waals surface area (Å²) in [5, 5.41) is 2.66. The fourth-order valence-corrected chi connectivity index (χ4v) is 7.41. The number of nitrogens with zero attached hydrogens (tertiary/aromatic N) is 2. The third-order valence-corrected chi connectivity index (χ3v) is 9.65. The van der Waals surface area contributed by atoms with Crippen LogP contribution in [-0.4, -0.2) is 74.6 Å². The van der Waals surface area contributed by atoms with Gasteiger partial charge in [0, 0.05) is 13.1 Å². The zero-order valence-electron chi connectivity index (χ0n) is 23.4. The van der Waals surface area contributed by atoms with Gasteiger partial charge in [0.1, 0.15) is 5.75 Å². The average Bonchev–Trinajstić information content (AvgIpc) is 2.96. The Morgan fingerprint density at radius 3 is 2.50 bits per heavy atom. The molecule has 0 bridgehead atoms. The number of alkyl halides is 2. The molecule has 0 aliphatic carbocycles. The SMILES string of the molecule is Cc1ccc(S(=O)(=O)N2CC3(CCCN(CC(=O)Nc4ccccc4OC(F)F)C3)OC[C@@H]2Cc2ccccc2)cc1. The second kappa shape index (κ2) is 12.9. The van der Waals surface area contributed by atoms with Crippen LogP contribution in [0.5, 0.6) is 5.75 Å². The average molecular weight is 600 g/mol. The van der Waals surface area contributed by atoms with Gasteiger partial charge in [-0.05, 0) is 62.6 Å². The first-order valence-electron chi connectivity index (χ1n) is 14.0. The van der Waals surface area contributed by atoms with Crippen molar-refractivity contribution in [3.05, 3.63) is 90.0 Å². The van der Waals surface area contributed by atoms with Gasteiger partial charge < -0.3 is 14.8 Å². The highest BCUT2D eigenvalue weighted by molar-refractivity contribution is 7.89. The molecule has 224 valence electrons. The van der Waals surface area contributed by atoms with E-state index < -0.39 is 28.3 Å². The van der Waals surface area contributed by atoms with E-state index in [1.807, 2.05) is 42.2 Å². The minimum Gasteiger partial charge on any atom is -0.433 e. The number of carbonyl (C=O) groups excluding carboxylic acids is 1. The minimum absolute atomic E-state index is 0.00766. The van der Waals surface area contributed by atoms with Crippen LogP contribution in [-0.2, 0) is 26.0 Å². The first-order chi connectivity index (χ1) is 20.1. The Bertz CT molecular complexity index is 1470. The number of hydrogen-bond acceptors (Lipinski definition) is 6. The molecule has 2 fully saturated rings. The van der Waals surface area contributed by atoms with Gasteiger partial charge in [-0.15, -0.1) is 0 Å². The number of para-hydroxylation sites is 2. The molecule has 1 spiro atoms. The Morgan fingerprint density at radius 2 is 1.76 bits per heavy atom. The van der Waals surface area contributed by atoms with Crippen molar-refractivity contribution in [2.45, 2.75) is 49.3 Å². The van der Waals surface area contributed by atoms with E-state index >= 15 is 0 Å². The molecule has 2 aliphatic heterocycles. The van der Waals surface area contributed by atoms with Crippen molar-refractivity contribution in [2.75, 3.05) is 38.1 Å². The number of piperidine rings is 1. The van der Waals surface area contributed by atoms with Gasteiger partial charge >= 0.3 is 6.61 Å². The van der Waals surface area contributed by atoms with Crippen LogP contribution < -0.4 is 10.1 Å². The van der Waals surface area contributed by atoms with Crippen LogP contribution in [0.4, 0.5) is 14.5 Å². The highest BCUT2D eigenvalue weighted by Crippen LogP contribution is 2.35. The van der Waals surface area contributed by atoms with Crippen molar-refractivity contribution in [3.63, 3.8) is 0 Å². The molecule has 3 aromatic rings. The van der Waals surface area contributed by atoms with Gasteiger partial charge in [-0.2, -0.15) is 13.1 Å². The van der Waals surface area contributed by atoms with Gasteiger partial charge in [0.25, 0.3) is 0 Å². The monoisotopic (exact) mass is 599 g/mol. The van der Waals surface area contributed by atoms with Gasteiger partial charge in [-0.25, -0.2) is 8.42 Å². The summed E-state index contributed by atoms with van der Waals surface area (Å²) in [6.45, 7) is 0.238. The van der Waals surface area contributed by atoms with Crippen LogP contribution in [0.1, 0.15) is 24.0 Å². The van der Waals surface area contributed by atoms with Crippen molar-refractivity contribution in [3.8, 4) is 5.75 Å². The normalized spacial score (nSPS) is 21.9. The van der Waals surface area contributed by atoms with E-state index in [1.54, 1.807) is 40.7 Å². The maximum Gasteiger partial charge on any atom is 0.387 e. The van der Waals surface area contributed by atoms with Crippen LogP contribution in [0.3, 0.4) is 0 Å². The highest BCUT2D eigenvalue weighted by atomic mass is 32.2. The summed E-state index contributed by atoms with van der Waals surface area (Å²) < 4.78 is 66.2. The van der Waals surface area contributed by atoms with Crippen molar-refractivity contribution in [1.29, 1.82) is 0 Å². The van der Waals surface area contributed by atoms with Crippen molar-refractivity contribution >= 4 is 21.6 Å². The molecule has 2 atom stereocenters. The van der Waals surface area contributed by atoms with Crippen molar-refractivity contribution in [1.82, 2.24) is 9.21 Å². The molecule has 42 heavy (non-hydrogen) atoms. The van der Waals surface area contributed by atoms with E-state index in [9.17, 15) is 22.0 Å². The lowest BCUT2D eigenvalue weighted by atomic mass is 9.90. The number of likely N-dealkylation sites (tertiary alicyclic amines) is 1. The number of ether oxygens (including phenoxy) is 2. The molecule has 0 aromatic heterocycles. The molecule has 1 unspecified atom stereocenters. The van der Waals surface area contributed by atoms with Crippen LogP contribution in [0.15, 0.2) is 83.8 Å². The lowest BCUT2D eigenvalue weighted by molar-refractivity contribution is -0.144. The maximum atomic E-state index is 14.0. The van der Waals surface area contributed by atoms with Crippen LogP contribution >= 0.6 is 0 Å². The van der Waals surface area contributed by atoms with E-state index in [2.05, 4.69) is 10.1 Å². The van der Waals surface area contributed by atoms with E-state index in [1.165, 1.54) is 12.1 Å². The number of carbonyl (C=O) groups is 1. The van der Waals surface area contributed by atoms with Crippen LogP contribution in [0.25, 0.3) is 0 Å². The minimum atomic E-state index is -3.84. The summed E-state index contributed by atoms with van der Waals surface area (Å²) in [5.41, 5.74) is 1.35. The molecule has 1 N–H and O–H groups in total. The van der Waals surface area contributed by atoms with Crippen LogP contribution in [0.2, 0.25) is 0 Å². The zero-order chi connectivity index (χ0) is 29.7. The summed E-state index contributed by atoms with van der Waals surface area (Å²) in [6.07, 6.45) is 1.86. The molecule has 1 amide bonds. The summed E-state index contributed by atoms with van der Waals surface area (Å²) in [7, 11) is -3.84. The van der Waals surface area contributed by atoms with Gasteiger partial charge in [-0.1, -0.05) is 60.2 Å². The zero-order valence-corrected chi connectivity index (χ0v) is 24.2.